The first-order valence-corrected chi connectivity index (χ1v) is 10.4. The van der Waals surface area contributed by atoms with Crippen LogP contribution >= 0.6 is 0 Å². The van der Waals surface area contributed by atoms with Gasteiger partial charge in [0, 0.05) is 49.4 Å². The number of hydrogen-bond donors (Lipinski definition) is 2. The highest BCUT2D eigenvalue weighted by Crippen LogP contribution is 2.45. The zero-order valence-electron chi connectivity index (χ0n) is 17.3. The van der Waals surface area contributed by atoms with Crippen molar-refractivity contribution in [1.82, 2.24) is 15.5 Å². The molecule has 2 N–H and O–H groups in total. The summed E-state index contributed by atoms with van der Waals surface area (Å²) in [7, 11) is 0. The third kappa shape index (κ3) is 3.12. The molecule has 0 aromatic heterocycles. The summed E-state index contributed by atoms with van der Waals surface area (Å²) in [5.74, 6) is -1.79. The lowest BCUT2D eigenvalue weighted by molar-refractivity contribution is -0.384. The Balaban J connectivity index is 1.59. The van der Waals surface area contributed by atoms with Crippen molar-refractivity contribution < 1.29 is 24.1 Å². The summed E-state index contributed by atoms with van der Waals surface area (Å²) < 4.78 is 0. The van der Waals surface area contributed by atoms with Crippen LogP contribution < -0.4 is 15.5 Å². The Kier molecular flexibility index (Phi) is 4.62. The van der Waals surface area contributed by atoms with E-state index in [1.165, 1.54) is 12.1 Å². The minimum Gasteiger partial charge on any atom is -0.363 e. The van der Waals surface area contributed by atoms with Crippen LogP contribution in [0.25, 0.3) is 0 Å². The molecule has 3 aliphatic rings. The average Bonchev–Trinajstić information content (AvgIpc) is 2.81. The van der Waals surface area contributed by atoms with Crippen molar-refractivity contribution in [3.63, 3.8) is 0 Å². The van der Waals surface area contributed by atoms with E-state index >= 15 is 0 Å². The van der Waals surface area contributed by atoms with E-state index in [2.05, 4.69) is 10.6 Å². The molecular formula is C22H19N5O6. The number of urea groups is 1. The Morgan fingerprint density at radius 3 is 2.39 bits per heavy atom. The molecule has 11 heteroatoms. The molecule has 2 aromatic carbocycles. The Morgan fingerprint density at radius 2 is 1.73 bits per heavy atom. The number of imide groups is 2. The average molecular weight is 449 g/mol. The molecule has 2 saturated heterocycles. The molecule has 0 bridgehead atoms. The van der Waals surface area contributed by atoms with Crippen molar-refractivity contribution in [3.05, 3.63) is 69.8 Å². The smallest absolute Gasteiger partial charge is 0.328 e. The van der Waals surface area contributed by atoms with Crippen LogP contribution in [0.5, 0.6) is 0 Å². The molecule has 0 aliphatic carbocycles. The van der Waals surface area contributed by atoms with Crippen LogP contribution in [0.15, 0.2) is 48.5 Å². The van der Waals surface area contributed by atoms with Gasteiger partial charge in [-0.15, -0.1) is 0 Å². The van der Waals surface area contributed by atoms with E-state index in [0.717, 1.165) is 0 Å². The van der Waals surface area contributed by atoms with Gasteiger partial charge in [-0.05, 0) is 23.8 Å². The normalized spacial score (nSPS) is 21.1. The Morgan fingerprint density at radius 1 is 1.03 bits per heavy atom. The number of amides is 5. The molecule has 2 aromatic rings. The van der Waals surface area contributed by atoms with Crippen molar-refractivity contribution in [2.45, 2.75) is 12.5 Å². The Bertz CT molecular complexity index is 1190. The molecule has 2 fully saturated rings. The van der Waals surface area contributed by atoms with Gasteiger partial charge in [0.15, 0.2) is 5.41 Å². The van der Waals surface area contributed by atoms with Gasteiger partial charge in [0.25, 0.3) is 11.6 Å². The maximum atomic E-state index is 13.2. The van der Waals surface area contributed by atoms with Crippen LogP contribution in [-0.2, 0) is 16.0 Å². The molecule has 5 rings (SSSR count). The lowest BCUT2D eigenvalue weighted by Gasteiger charge is -2.54. The number of carbonyl (C=O) groups is 4. The van der Waals surface area contributed by atoms with Crippen molar-refractivity contribution >= 4 is 35.1 Å². The van der Waals surface area contributed by atoms with Gasteiger partial charge < -0.3 is 9.80 Å². The van der Waals surface area contributed by atoms with E-state index in [1.807, 2.05) is 4.90 Å². The number of nitrogens with one attached hydrogen (secondary N) is 2. The number of nitro groups is 1. The molecule has 0 radical (unpaired) electrons. The highest BCUT2D eigenvalue weighted by atomic mass is 16.6. The number of benzene rings is 2. The van der Waals surface area contributed by atoms with Crippen LogP contribution in [0.2, 0.25) is 0 Å². The van der Waals surface area contributed by atoms with Crippen molar-refractivity contribution in [2.24, 2.45) is 5.41 Å². The van der Waals surface area contributed by atoms with Crippen LogP contribution in [-0.4, -0.2) is 59.3 Å². The van der Waals surface area contributed by atoms with Gasteiger partial charge >= 0.3 is 6.03 Å². The molecule has 3 heterocycles. The summed E-state index contributed by atoms with van der Waals surface area (Å²) in [4.78, 5) is 65.4. The van der Waals surface area contributed by atoms with E-state index in [0.29, 0.717) is 29.9 Å². The molecule has 11 nitrogen and oxygen atoms in total. The van der Waals surface area contributed by atoms with E-state index < -0.39 is 34.2 Å². The van der Waals surface area contributed by atoms with Crippen LogP contribution in [0.4, 0.5) is 16.2 Å². The summed E-state index contributed by atoms with van der Waals surface area (Å²) in [6, 6.07) is 11.3. The van der Waals surface area contributed by atoms with Crippen LogP contribution in [0, 0.1) is 15.5 Å². The third-order valence-corrected chi connectivity index (χ3v) is 6.57. The highest BCUT2D eigenvalue weighted by molar-refractivity contribution is 6.20. The predicted octanol–water partition coefficient (Wildman–Crippen LogP) is 0.834. The van der Waals surface area contributed by atoms with E-state index in [4.69, 9.17) is 0 Å². The van der Waals surface area contributed by atoms with Gasteiger partial charge in [0.05, 0.1) is 11.0 Å². The second-order valence-corrected chi connectivity index (χ2v) is 8.28. The number of nitro benzene ring substituents is 1. The van der Waals surface area contributed by atoms with Gasteiger partial charge in [-0.2, -0.15) is 0 Å². The van der Waals surface area contributed by atoms with E-state index in [1.54, 1.807) is 41.3 Å². The largest absolute Gasteiger partial charge is 0.363 e. The standard InChI is InChI=1S/C22H19N5O6/c28-18(13-4-2-1-3-5-13)25-8-9-26-16-7-6-15(27(32)33)10-14(16)11-22(17(26)12-25)19(29)23-21(31)24-20(22)30/h1-7,10,17H,8-9,11-12H2,(H2,23,24,29,30,31)/t17-/m0/s1. The first kappa shape index (κ1) is 20.6. The molecule has 1 atom stereocenters. The first-order chi connectivity index (χ1) is 15.8. The molecular weight excluding hydrogens is 430 g/mol. The summed E-state index contributed by atoms with van der Waals surface area (Å²) in [5, 5.41) is 15.7. The second kappa shape index (κ2) is 7.40. The zero-order chi connectivity index (χ0) is 23.3. The van der Waals surface area contributed by atoms with E-state index in [-0.39, 0.29) is 24.6 Å². The van der Waals surface area contributed by atoms with E-state index in [9.17, 15) is 29.3 Å². The highest BCUT2D eigenvalue weighted by Gasteiger charge is 2.61. The molecule has 5 amide bonds. The fourth-order valence-electron chi connectivity index (χ4n) is 4.99. The minimum absolute atomic E-state index is 0.0686. The minimum atomic E-state index is -1.73. The predicted molar refractivity (Wildman–Crippen MR) is 114 cm³/mol. The van der Waals surface area contributed by atoms with Crippen molar-refractivity contribution in [2.75, 3.05) is 24.5 Å². The fraction of sp³-hybridized carbons (Fsp3) is 0.273. The van der Waals surface area contributed by atoms with Crippen molar-refractivity contribution in [3.8, 4) is 0 Å². The van der Waals surface area contributed by atoms with Crippen LogP contribution in [0.3, 0.4) is 0 Å². The van der Waals surface area contributed by atoms with Gasteiger partial charge in [-0.3, -0.25) is 35.1 Å². The number of nitrogens with zero attached hydrogens (tertiary/aromatic N) is 3. The third-order valence-electron chi connectivity index (χ3n) is 6.57. The maximum Gasteiger partial charge on any atom is 0.328 e. The summed E-state index contributed by atoms with van der Waals surface area (Å²) in [5.41, 5.74) is -0.276. The Hall–Kier alpha value is -4.28. The number of hydrogen-bond acceptors (Lipinski definition) is 7. The quantitative estimate of drug-likeness (QED) is 0.393. The molecule has 33 heavy (non-hydrogen) atoms. The summed E-state index contributed by atoms with van der Waals surface area (Å²) >= 11 is 0. The van der Waals surface area contributed by atoms with Gasteiger partial charge in [-0.1, -0.05) is 18.2 Å². The number of rotatable bonds is 2. The number of barbiturate groups is 1. The molecule has 1 spiro atoms. The number of anilines is 1. The number of fused-ring (bicyclic) bond motifs is 4. The van der Waals surface area contributed by atoms with Crippen molar-refractivity contribution in [1.29, 1.82) is 0 Å². The molecule has 3 aliphatic heterocycles. The molecule has 168 valence electrons. The van der Waals surface area contributed by atoms with Crippen LogP contribution in [0.1, 0.15) is 15.9 Å². The lowest BCUT2D eigenvalue weighted by atomic mass is 9.68. The van der Waals surface area contributed by atoms with Gasteiger partial charge in [-0.25, -0.2) is 4.79 Å². The van der Waals surface area contributed by atoms with Gasteiger partial charge in [0.1, 0.15) is 0 Å². The maximum absolute atomic E-state index is 13.2. The summed E-state index contributed by atoms with van der Waals surface area (Å²) in [6.07, 6.45) is -0.135. The lowest BCUT2D eigenvalue weighted by Crippen LogP contribution is -2.75. The van der Waals surface area contributed by atoms with Gasteiger partial charge in [0.2, 0.25) is 11.8 Å². The molecule has 0 saturated carbocycles. The SMILES string of the molecule is O=C1NC(=O)C2(Cc3cc([N+](=O)[O-])ccc3N3CCN(C(=O)c4ccccc4)C[C@H]32)C(=O)N1. The second-order valence-electron chi connectivity index (χ2n) is 8.28. The topological polar surface area (TPSA) is 142 Å². The Labute approximate surface area is 187 Å². The molecule has 0 unspecified atom stereocenters. The summed E-state index contributed by atoms with van der Waals surface area (Å²) in [6.45, 7) is 0.711. The fourth-order valence-corrected chi connectivity index (χ4v) is 4.99. The number of piperazine rings is 1. The first-order valence-electron chi connectivity index (χ1n) is 10.4. The monoisotopic (exact) mass is 449 g/mol. The zero-order valence-corrected chi connectivity index (χ0v) is 17.3. The number of carbonyl (C=O) groups excluding carboxylic acids is 4. The number of non-ortho nitro benzene ring substituents is 1.